The molecule has 11 nitrogen and oxygen atoms in total. The quantitative estimate of drug-likeness (QED) is 0.212. The Morgan fingerprint density at radius 2 is 1.65 bits per heavy atom. The van der Waals surface area contributed by atoms with E-state index in [9.17, 15) is 22.8 Å². The van der Waals surface area contributed by atoms with Crippen molar-refractivity contribution in [3.63, 3.8) is 0 Å². The number of carbonyl (C=O) groups excluding carboxylic acids is 2. The third-order valence-corrected chi connectivity index (χ3v) is 10.6. The van der Waals surface area contributed by atoms with Gasteiger partial charge in [0.2, 0.25) is 0 Å². The van der Waals surface area contributed by atoms with Crippen molar-refractivity contribution in [2.75, 3.05) is 49.9 Å². The molecule has 4 aliphatic heterocycles. The smallest absolute Gasteiger partial charge is 0.475 e. The summed E-state index contributed by atoms with van der Waals surface area (Å²) in [5.41, 5.74) is 3.41. The largest absolute Gasteiger partial charge is 0.490 e. The van der Waals surface area contributed by atoms with Crippen LogP contribution in [0.15, 0.2) is 42.5 Å². The van der Waals surface area contributed by atoms with E-state index < -0.39 is 23.9 Å². The molecule has 2 bridgehead atoms. The summed E-state index contributed by atoms with van der Waals surface area (Å²) in [5.74, 6) is -3.81. The number of carboxylic acids is 1. The van der Waals surface area contributed by atoms with Gasteiger partial charge in [0.1, 0.15) is 11.6 Å². The van der Waals surface area contributed by atoms with Crippen LogP contribution >= 0.6 is 23.2 Å². The van der Waals surface area contributed by atoms with Crippen LogP contribution in [-0.2, 0) is 20.8 Å². The van der Waals surface area contributed by atoms with Gasteiger partial charge in [0.15, 0.2) is 6.73 Å². The molecular formula is C37H38Cl2F4N4O7. The normalized spacial score (nSPS) is 22.1. The van der Waals surface area contributed by atoms with Gasteiger partial charge in [-0.1, -0.05) is 41.4 Å². The molecule has 3 saturated heterocycles. The number of fused-ring (bicyclic) bond motifs is 3. The zero-order chi connectivity index (χ0) is 39.1. The fourth-order valence-electron chi connectivity index (χ4n) is 7.36. The Morgan fingerprint density at radius 1 is 1.00 bits per heavy atom. The number of piperazine rings is 1. The molecule has 0 radical (unpaired) electrons. The zero-order valence-electron chi connectivity index (χ0n) is 29.5. The van der Waals surface area contributed by atoms with Crippen molar-refractivity contribution in [2.45, 2.75) is 63.6 Å². The highest BCUT2D eigenvalue weighted by Gasteiger charge is 2.40. The first kappa shape index (κ1) is 39.4. The van der Waals surface area contributed by atoms with Gasteiger partial charge in [0.25, 0.3) is 5.91 Å². The van der Waals surface area contributed by atoms with E-state index in [0.717, 1.165) is 31.6 Å². The molecule has 0 aromatic heterocycles. The zero-order valence-corrected chi connectivity index (χ0v) is 31.0. The Labute approximate surface area is 318 Å². The Morgan fingerprint density at radius 3 is 2.26 bits per heavy atom. The molecule has 3 aromatic carbocycles. The predicted molar refractivity (Wildman–Crippen MR) is 193 cm³/mol. The second-order valence-electron chi connectivity index (χ2n) is 13.6. The maximum atomic E-state index is 15.9. The number of carbonyl (C=O) groups is 3. The average molecular weight is 798 g/mol. The molecule has 54 heavy (non-hydrogen) atoms. The number of aliphatic carboxylic acids is 1. The van der Waals surface area contributed by atoms with Gasteiger partial charge >= 0.3 is 18.1 Å². The van der Waals surface area contributed by atoms with Crippen LogP contribution in [0.25, 0.3) is 11.1 Å². The Bertz CT molecular complexity index is 1910. The molecule has 4 atom stereocenters. The van der Waals surface area contributed by atoms with E-state index in [0.29, 0.717) is 47.4 Å². The number of nitrogens with zero attached hydrogens (tertiary/aromatic N) is 3. The Hall–Kier alpha value is -4.31. The van der Waals surface area contributed by atoms with Crippen LogP contribution in [0.4, 0.5) is 28.9 Å². The van der Waals surface area contributed by atoms with Crippen LogP contribution in [0.2, 0.25) is 10.0 Å². The van der Waals surface area contributed by atoms with Gasteiger partial charge in [-0.15, -0.1) is 0 Å². The molecule has 0 spiro atoms. The minimum absolute atomic E-state index is 0.0774. The van der Waals surface area contributed by atoms with Gasteiger partial charge in [-0.2, -0.15) is 13.2 Å². The lowest BCUT2D eigenvalue weighted by Gasteiger charge is -2.39. The van der Waals surface area contributed by atoms with Crippen molar-refractivity contribution < 1.29 is 51.3 Å². The van der Waals surface area contributed by atoms with E-state index in [2.05, 4.69) is 29.0 Å². The number of anilines is 2. The number of halogens is 6. The molecule has 0 aliphatic carbocycles. The number of benzene rings is 3. The SMILES string of the molecule is COC(=O)c1cc(F)c(-c2cccc3c2OCN(C(=O)c2c(Cl)cc(N4C[C@@H](C)NC[C@@H]4C)cc2Cl)C3)cc1N1C2CCC1COC2.O=C(O)C(F)(F)F. The summed E-state index contributed by atoms with van der Waals surface area (Å²) in [6.45, 7) is 7.10. The van der Waals surface area contributed by atoms with Crippen LogP contribution < -0.4 is 19.9 Å². The number of esters is 1. The first-order chi connectivity index (χ1) is 25.6. The molecule has 4 aliphatic rings. The van der Waals surface area contributed by atoms with Crippen LogP contribution in [0, 0.1) is 5.82 Å². The third kappa shape index (κ3) is 7.90. The summed E-state index contributed by atoms with van der Waals surface area (Å²) in [4.78, 5) is 41.5. The van der Waals surface area contributed by atoms with Gasteiger partial charge in [-0.3, -0.25) is 4.79 Å². The number of rotatable bonds is 5. The number of para-hydroxylation sites is 1. The highest BCUT2D eigenvalue weighted by molar-refractivity contribution is 6.40. The van der Waals surface area contributed by atoms with Gasteiger partial charge in [-0.25, -0.2) is 14.0 Å². The summed E-state index contributed by atoms with van der Waals surface area (Å²) in [6.07, 6.45) is -3.23. The lowest BCUT2D eigenvalue weighted by atomic mass is 9.96. The summed E-state index contributed by atoms with van der Waals surface area (Å²) in [7, 11) is 1.29. The lowest BCUT2D eigenvalue weighted by Crippen LogP contribution is -2.54. The maximum Gasteiger partial charge on any atom is 0.490 e. The highest BCUT2D eigenvalue weighted by Crippen LogP contribution is 2.43. The van der Waals surface area contributed by atoms with Crippen molar-refractivity contribution in [2.24, 2.45) is 0 Å². The number of ether oxygens (including phenoxy) is 3. The van der Waals surface area contributed by atoms with Gasteiger partial charge in [-0.05, 0) is 51.0 Å². The number of morpholine rings is 1. The lowest BCUT2D eigenvalue weighted by molar-refractivity contribution is -0.192. The van der Waals surface area contributed by atoms with Crippen molar-refractivity contribution in [1.29, 1.82) is 0 Å². The van der Waals surface area contributed by atoms with Crippen LogP contribution in [-0.4, -0.2) is 98.3 Å². The fraction of sp³-hybridized carbons (Fsp3) is 0.432. The van der Waals surface area contributed by atoms with Crippen molar-refractivity contribution in [3.8, 4) is 16.9 Å². The van der Waals surface area contributed by atoms with Crippen LogP contribution in [0.1, 0.15) is 53.0 Å². The number of nitrogens with one attached hydrogen (secondary N) is 1. The number of methoxy groups -OCH3 is 1. The summed E-state index contributed by atoms with van der Waals surface area (Å²) < 4.78 is 64.6. The average Bonchev–Trinajstić information content (AvgIpc) is 3.37. The van der Waals surface area contributed by atoms with E-state index in [4.69, 9.17) is 47.3 Å². The van der Waals surface area contributed by atoms with E-state index in [1.807, 2.05) is 12.1 Å². The molecule has 4 heterocycles. The van der Waals surface area contributed by atoms with E-state index >= 15 is 4.39 Å². The van der Waals surface area contributed by atoms with E-state index in [-0.39, 0.29) is 58.5 Å². The molecule has 290 valence electrons. The van der Waals surface area contributed by atoms with Gasteiger partial charge < -0.3 is 39.3 Å². The molecule has 7 rings (SSSR count). The molecule has 3 fully saturated rings. The number of alkyl halides is 3. The first-order valence-corrected chi connectivity index (χ1v) is 18.0. The fourth-order valence-corrected chi connectivity index (χ4v) is 8.00. The van der Waals surface area contributed by atoms with Crippen LogP contribution in [0.3, 0.4) is 0 Å². The number of hydrogen-bond acceptors (Lipinski definition) is 9. The summed E-state index contributed by atoms with van der Waals surface area (Å²) in [5, 5.41) is 11.1. The molecule has 17 heteroatoms. The number of hydrogen-bond donors (Lipinski definition) is 2. The monoisotopic (exact) mass is 796 g/mol. The molecule has 0 saturated carbocycles. The predicted octanol–water partition coefficient (Wildman–Crippen LogP) is 6.77. The van der Waals surface area contributed by atoms with Gasteiger partial charge in [0, 0.05) is 47.6 Å². The van der Waals surface area contributed by atoms with Crippen molar-refractivity contribution in [3.05, 3.63) is 75.0 Å². The molecular weight excluding hydrogens is 759 g/mol. The van der Waals surface area contributed by atoms with Gasteiger partial charge in [0.05, 0.1) is 65.8 Å². The molecule has 2 unspecified atom stereocenters. The van der Waals surface area contributed by atoms with Crippen molar-refractivity contribution >= 4 is 52.4 Å². The van der Waals surface area contributed by atoms with E-state index in [1.54, 1.807) is 24.3 Å². The molecule has 1 amide bonds. The maximum absolute atomic E-state index is 15.9. The first-order valence-electron chi connectivity index (χ1n) is 17.2. The summed E-state index contributed by atoms with van der Waals surface area (Å²) >= 11 is 13.4. The molecule has 3 aromatic rings. The Kier molecular flexibility index (Phi) is 11.5. The highest BCUT2D eigenvalue weighted by atomic mass is 35.5. The number of carboxylic acid groups (broad SMARTS) is 1. The molecule has 2 N–H and O–H groups in total. The standard InChI is InChI=1S/C35H37Cl2FN4O5.C2HF3O2/c1-19-14-41(20(2)13-39-19)24-9-28(36)32(29(37)10-24)34(43)40-15-21-5-4-6-25(33(21)47-18-40)26-12-31(27(11-30(26)38)35(44)45-3)42-22-7-8-23(42)17-46-16-22;3-2(4,5)1(6)7/h4-6,9-12,19-20,22-23,39H,7-8,13-18H2,1-3H3;(H,6,7)/t19-,20+,22?,23?;/m1./s1. The van der Waals surface area contributed by atoms with Crippen molar-refractivity contribution in [1.82, 2.24) is 10.2 Å². The second-order valence-corrected chi connectivity index (χ2v) is 14.5. The minimum atomic E-state index is -5.08. The topological polar surface area (TPSA) is 121 Å². The van der Waals surface area contributed by atoms with E-state index in [1.165, 1.54) is 18.1 Å². The Balaban J connectivity index is 0.000000649. The number of amides is 1. The van der Waals surface area contributed by atoms with Crippen LogP contribution in [0.5, 0.6) is 5.75 Å². The minimum Gasteiger partial charge on any atom is -0.475 e. The third-order valence-electron chi connectivity index (χ3n) is 9.99. The summed E-state index contributed by atoms with van der Waals surface area (Å²) in [6, 6.07) is 12.7. The second kappa shape index (κ2) is 15.8.